The molecule has 0 aliphatic carbocycles. The minimum atomic E-state index is -0.249. The molecule has 1 fully saturated rings. The van der Waals surface area contributed by atoms with Gasteiger partial charge in [-0.1, -0.05) is 18.2 Å². The van der Waals surface area contributed by atoms with Gasteiger partial charge < -0.3 is 15.2 Å². The molecular weight excluding hydrogens is 377 g/mol. The molecule has 5 rings (SSSR count). The Bertz CT molecular complexity index is 1180. The van der Waals surface area contributed by atoms with Gasteiger partial charge in [-0.2, -0.15) is 0 Å². The molecule has 5 nitrogen and oxygen atoms in total. The number of benzene rings is 2. The van der Waals surface area contributed by atoms with Gasteiger partial charge in [-0.3, -0.25) is 0 Å². The molecular formula is C24H26FN5. The van der Waals surface area contributed by atoms with Crippen LogP contribution in [0.1, 0.15) is 24.1 Å². The van der Waals surface area contributed by atoms with E-state index in [-0.39, 0.29) is 5.82 Å². The van der Waals surface area contributed by atoms with Crippen molar-refractivity contribution in [2.75, 3.05) is 24.5 Å². The van der Waals surface area contributed by atoms with E-state index in [0.717, 1.165) is 61.4 Å². The van der Waals surface area contributed by atoms with Gasteiger partial charge in [0.25, 0.3) is 0 Å². The van der Waals surface area contributed by atoms with Gasteiger partial charge >= 0.3 is 0 Å². The monoisotopic (exact) mass is 403 g/mol. The Hall–Kier alpha value is -2.99. The molecule has 0 unspecified atom stereocenters. The van der Waals surface area contributed by atoms with Crippen LogP contribution in [0.4, 0.5) is 10.3 Å². The summed E-state index contributed by atoms with van der Waals surface area (Å²) in [6.07, 6.45) is 5.28. The first-order valence-electron chi connectivity index (χ1n) is 10.6. The van der Waals surface area contributed by atoms with Crippen molar-refractivity contribution in [3.8, 4) is 0 Å². The molecule has 1 saturated heterocycles. The number of aromatic amines is 1. The van der Waals surface area contributed by atoms with Crippen LogP contribution < -0.4 is 10.2 Å². The Kier molecular flexibility index (Phi) is 5.09. The summed E-state index contributed by atoms with van der Waals surface area (Å²) in [6, 6.07) is 13.7. The first-order chi connectivity index (χ1) is 14.7. The van der Waals surface area contributed by atoms with Gasteiger partial charge in [0, 0.05) is 41.6 Å². The third-order valence-corrected chi connectivity index (χ3v) is 6.12. The summed E-state index contributed by atoms with van der Waals surface area (Å²) in [4.78, 5) is 14.9. The molecule has 0 saturated carbocycles. The van der Waals surface area contributed by atoms with E-state index in [9.17, 15) is 4.39 Å². The predicted octanol–water partition coefficient (Wildman–Crippen LogP) is 4.36. The van der Waals surface area contributed by atoms with Crippen LogP contribution >= 0.6 is 0 Å². The Labute approximate surface area is 175 Å². The maximum Gasteiger partial charge on any atom is 0.226 e. The van der Waals surface area contributed by atoms with Crippen LogP contribution in [0.15, 0.2) is 48.7 Å². The number of hydrogen-bond acceptors (Lipinski definition) is 4. The van der Waals surface area contributed by atoms with Crippen LogP contribution in [-0.2, 0) is 6.42 Å². The summed E-state index contributed by atoms with van der Waals surface area (Å²) >= 11 is 0. The number of fused-ring (bicyclic) bond motifs is 2. The average molecular weight is 404 g/mol. The molecule has 2 aromatic heterocycles. The predicted molar refractivity (Wildman–Crippen MR) is 119 cm³/mol. The second kappa shape index (κ2) is 8.03. The van der Waals surface area contributed by atoms with Gasteiger partial charge in [0.2, 0.25) is 5.95 Å². The normalized spacial score (nSPS) is 15.3. The molecule has 4 aromatic rings. The van der Waals surface area contributed by atoms with E-state index in [1.54, 1.807) is 6.07 Å². The highest BCUT2D eigenvalue weighted by molar-refractivity contribution is 5.83. The lowest BCUT2D eigenvalue weighted by Gasteiger charge is -2.32. The standard InChI is InChI=1S/C24H26FN5/c1-16-21-14-18(25)6-7-23(21)29-24(28-16)30-12-9-19(10-13-30)26-11-8-17-15-27-22-5-3-2-4-20(17)22/h2-7,14-15,19,26-27H,8-13H2,1H3. The Morgan fingerprint density at radius 1 is 1.10 bits per heavy atom. The first kappa shape index (κ1) is 19.0. The highest BCUT2D eigenvalue weighted by Gasteiger charge is 2.21. The van der Waals surface area contributed by atoms with E-state index in [2.05, 4.69) is 55.6 Å². The van der Waals surface area contributed by atoms with Gasteiger partial charge in [-0.25, -0.2) is 14.4 Å². The van der Waals surface area contributed by atoms with Crippen LogP contribution in [-0.4, -0.2) is 40.6 Å². The van der Waals surface area contributed by atoms with Crippen LogP contribution in [0.25, 0.3) is 21.8 Å². The molecule has 0 bridgehead atoms. The summed E-state index contributed by atoms with van der Waals surface area (Å²) in [5.74, 6) is 0.505. The fourth-order valence-corrected chi connectivity index (χ4v) is 4.41. The van der Waals surface area contributed by atoms with Crippen molar-refractivity contribution < 1.29 is 4.39 Å². The van der Waals surface area contributed by atoms with Gasteiger partial charge in [0.15, 0.2) is 0 Å². The fourth-order valence-electron chi connectivity index (χ4n) is 4.41. The SMILES string of the molecule is Cc1nc(N2CCC(NCCc3c[nH]c4ccccc34)CC2)nc2ccc(F)cc12. The molecule has 1 aliphatic rings. The molecule has 1 aliphatic heterocycles. The number of aromatic nitrogens is 3. The Morgan fingerprint density at radius 2 is 1.93 bits per heavy atom. The number of nitrogens with zero attached hydrogens (tertiary/aromatic N) is 3. The van der Waals surface area contributed by atoms with Crippen molar-refractivity contribution >= 4 is 27.8 Å². The zero-order valence-corrected chi connectivity index (χ0v) is 17.2. The largest absolute Gasteiger partial charge is 0.361 e. The Balaban J connectivity index is 1.17. The fraction of sp³-hybridized carbons (Fsp3) is 0.333. The number of halogens is 1. The number of hydrogen-bond donors (Lipinski definition) is 2. The maximum atomic E-state index is 13.5. The first-order valence-corrected chi connectivity index (χ1v) is 10.6. The molecule has 2 N–H and O–H groups in total. The van der Waals surface area contributed by atoms with Gasteiger partial charge in [-0.05, 0) is 62.6 Å². The molecule has 154 valence electrons. The zero-order valence-electron chi connectivity index (χ0n) is 17.2. The van der Waals surface area contributed by atoms with Crippen LogP contribution in [0.5, 0.6) is 0 Å². The van der Waals surface area contributed by atoms with E-state index < -0.39 is 0 Å². The number of H-pyrrole nitrogens is 1. The van der Waals surface area contributed by atoms with Crippen molar-refractivity contribution in [1.82, 2.24) is 20.3 Å². The summed E-state index contributed by atoms with van der Waals surface area (Å²) < 4.78 is 13.5. The summed E-state index contributed by atoms with van der Waals surface area (Å²) in [5, 5.41) is 5.82. The maximum absolute atomic E-state index is 13.5. The number of rotatable bonds is 5. The second-order valence-electron chi connectivity index (χ2n) is 8.10. The molecule has 2 aromatic carbocycles. The zero-order chi connectivity index (χ0) is 20.5. The number of nitrogens with one attached hydrogen (secondary N) is 2. The topological polar surface area (TPSA) is 56.8 Å². The number of anilines is 1. The van der Waals surface area contributed by atoms with E-state index in [0.29, 0.717) is 6.04 Å². The van der Waals surface area contributed by atoms with Crippen molar-refractivity contribution in [3.05, 3.63) is 65.7 Å². The van der Waals surface area contributed by atoms with Crippen LogP contribution in [0.2, 0.25) is 0 Å². The van der Waals surface area contributed by atoms with Crippen molar-refractivity contribution in [1.29, 1.82) is 0 Å². The second-order valence-corrected chi connectivity index (χ2v) is 8.10. The molecule has 0 spiro atoms. The van der Waals surface area contributed by atoms with E-state index in [1.165, 1.54) is 28.6 Å². The van der Waals surface area contributed by atoms with Crippen molar-refractivity contribution in [3.63, 3.8) is 0 Å². The Morgan fingerprint density at radius 3 is 2.80 bits per heavy atom. The van der Waals surface area contributed by atoms with Gasteiger partial charge in [0.05, 0.1) is 11.2 Å². The molecule has 0 amide bonds. The number of para-hydroxylation sites is 1. The van der Waals surface area contributed by atoms with Gasteiger partial charge in [0.1, 0.15) is 5.82 Å². The lowest BCUT2D eigenvalue weighted by molar-refractivity contribution is 0.415. The highest BCUT2D eigenvalue weighted by Crippen LogP contribution is 2.23. The van der Waals surface area contributed by atoms with E-state index in [4.69, 9.17) is 0 Å². The molecule has 3 heterocycles. The molecule has 0 radical (unpaired) electrons. The highest BCUT2D eigenvalue weighted by atomic mass is 19.1. The average Bonchev–Trinajstić information content (AvgIpc) is 3.18. The smallest absolute Gasteiger partial charge is 0.226 e. The van der Waals surface area contributed by atoms with E-state index in [1.807, 2.05) is 6.92 Å². The molecule has 30 heavy (non-hydrogen) atoms. The summed E-state index contributed by atoms with van der Waals surface area (Å²) in [6.45, 7) is 4.75. The molecule has 6 heteroatoms. The molecule has 0 atom stereocenters. The third-order valence-electron chi connectivity index (χ3n) is 6.12. The minimum Gasteiger partial charge on any atom is -0.361 e. The van der Waals surface area contributed by atoms with Crippen molar-refractivity contribution in [2.24, 2.45) is 0 Å². The van der Waals surface area contributed by atoms with E-state index >= 15 is 0 Å². The van der Waals surface area contributed by atoms with Crippen LogP contribution in [0.3, 0.4) is 0 Å². The third kappa shape index (κ3) is 3.75. The quantitative estimate of drug-likeness (QED) is 0.520. The number of piperidine rings is 1. The lowest BCUT2D eigenvalue weighted by Crippen LogP contribution is -2.43. The van der Waals surface area contributed by atoms with Gasteiger partial charge in [-0.15, -0.1) is 0 Å². The minimum absolute atomic E-state index is 0.249. The van der Waals surface area contributed by atoms with Crippen molar-refractivity contribution in [2.45, 2.75) is 32.2 Å². The number of aryl methyl sites for hydroxylation is 1. The summed E-state index contributed by atoms with van der Waals surface area (Å²) in [7, 11) is 0. The lowest BCUT2D eigenvalue weighted by atomic mass is 10.0. The summed E-state index contributed by atoms with van der Waals surface area (Å²) in [5.41, 5.74) is 4.20. The van der Waals surface area contributed by atoms with Crippen LogP contribution in [0, 0.1) is 12.7 Å².